The molecule has 1 amide bonds. The molecular formula is C20H37IN4O2. The van der Waals surface area contributed by atoms with Gasteiger partial charge in [0.25, 0.3) is 0 Å². The van der Waals surface area contributed by atoms with Gasteiger partial charge in [-0.1, -0.05) is 27.7 Å². The lowest BCUT2D eigenvalue weighted by molar-refractivity contribution is -0.188. The molecular weight excluding hydrogens is 455 g/mol. The fourth-order valence-electron chi connectivity index (χ4n) is 4.85. The molecule has 3 aliphatic rings. The summed E-state index contributed by atoms with van der Waals surface area (Å²) < 4.78 is 6.03. The van der Waals surface area contributed by atoms with E-state index < -0.39 is 0 Å². The van der Waals surface area contributed by atoms with Crippen molar-refractivity contribution in [2.45, 2.75) is 59.6 Å². The first-order valence-corrected chi connectivity index (χ1v) is 10.3. The molecule has 7 heteroatoms. The van der Waals surface area contributed by atoms with Gasteiger partial charge in [0.15, 0.2) is 5.96 Å². The van der Waals surface area contributed by atoms with Gasteiger partial charge in [-0.3, -0.25) is 9.79 Å². The molecule has 6 nitrogen and oxygen atoms in total. The van der Waals surface area contributed by atoms with Gasteiger partial charge >= 0.3 is 0 Å². The first kappa shape index (κ1) is 22.7. The van der Waals surface area contributed by atoms with Crippen LogP contribution in [-0.4, -0.2) is 73.1 Å². The van der Waals surface area contributed by atoms with E-state index in [4.69, 9.17) is 9.73 Å². The highest BCUT2D eigenvalue weighted by molar-refractivity contribution is 14.0. The monoisotopic (exact) mass is 492 g/mol. The van der Waals surface area contributed by atoms with Gasteiger partial charge in [-0.2, -0.15) is 0 Å². The second-order valence-electron chi connectivity index (χ2n) is 8.81. The molecule has 1 N–H and O–H groups in total. The number of amides is 1. The second-order valence-corrected chi connectivity index (χ2v) is 8.81. The molecule has 2 aliphatic heterocycles. The first-order chi connectivity index (χ1) is 12.4. The van der Waals surface area contributed by atoms with Gasteiger partial charge in [0.2, 0.25) is 5.91 Å². The van der Waals surface area contributed by atoms with Crippen LogP contribution in [0.5, 0.6) is 0 Å². The normalized spacial score (nSPS) is 30.3. The minimum atomic E-state index is 0. The number of carbonyl (C=O) groups is 1. The Balaban J connectivity index is 0.00000261. The van der Waals surface area contributed by atoms with Crippen LogP contribution in [0, 0.1) is 17.3 Å². The van der Waals surface area contributed by atoms with Gasteiger partial charge in [-0.15, -0.1) is 24.0 Å². The van der Waals surface area contributed by atoms with Crippen LogP contribution < -0.4 is 5.32 Å². The summed E-state index contributed by atoms with van der Waals surface area (Å²) in [5.74, 6) is 1.92. The topological polar surface area (TPSA) is 57.2 Å². The fourth-order valence-corrected chi connectivity index (χ4v) is 4.85. The molecule has 0 aromatic carbocycles. The number of fused-ring (bicyclic) bond motifs is 1. The summed E-state index contributed by atoms with van der Waals surface area (Å²) in [6.07, 6.45) is 2.77. The standard InChI is InChI=1S/C20H36N4O2.HI/c1-6-21-19(24-11-9-23(10-12-24)18(25)14(2)3)22-16-15-8-7-13-26-17(15)20(16,4)5;/h14-17H,6-13H2,1-5H3,(H,21,22);1H. The van der Waals surface area contributed by atoms with Crippen LogP contribution >= 0.6 is 24.0 Å². The van der Waals surface area contributed by atoms with Crippen molar-refractivity contribution < 1.29 is 9.53 Å². The van der Waals surface area contributed by atoms with Gasteiger partial charge in [-0.05, 0) is 19.8 Å². The maximum atomic E-state index is 12.2. The highest BCUT2D eigenvalue weighted by Gasteiger charge is 2.58. The highest BCUT2D eigenvalue weighted by Crippen LogP contribution is 2.51. The summed E-state index contributed by atoms with van der Waals surface area (Å²) in [6, 6.07) is 0.411. The van der Waals surface area contributed by atoms with Crippen molar-refractivity contribution in [1.29, 1.82) is 0 Å². The maximum Gasteiger partial charge on any atom is 0.225 e. The zero-order valence-corrected chi connectivity index (χ0v) is 19.9. The number of hydrogen-bond acceptors (Lipinski definition) is 3. The number of rotatable bonds is 3. The van der Waals surface area contributed by atoms with Gasteiger partial charge in [-0.25, -0.2) is 0 Å². The van der Waals surface area contributed by atoms with E-state index in [1.54, 1.807) is 0 Å². The average molecular weight is 492 g/mol. The van der Waals surface area contributed by atoms with Crippen molar-refractivity contribution in [2.24, 2.45) is 22.2 Å². The predicted molar refractivity (Wildman–Crippen MR) is 120 cm³/mol. The van der Waals surface area contributed by atoms with Crippen molar-refractivity contribution in [3.63, 3.8) is 0 Å². The van der Waals surface area contributed by atoms with E-state index in [1.807, 2.05) is 18.7 Å². The van der Waals surface area contributed by atoms with Crippen molar-refractivity contribution >= 4 is 35.8 Å². The van der Waals surface area contributed by atoms with E-state index in [2.05, 4.69) is 31.0 Å². The zero-order chi connectivity index (χ0) is 18.9. The van der Waals surface area contributed by atoms with Gasteiger partial charge in [0.05, 0.1) is 6.10 Å². The Morgan fingerprint density at radius 2 is 1.85 bits per heavy atom. The predicted octanol–water partition coefficient (Wildman–Crippen LogP) is 2.57. The third kappa shape index (κ3) is 4.54. The lowest BCUT2D eigenvalue weighted by atomic mass is 9.55. The molecule has 2 heterocycles. The first-order valence-electron chi connectivity index (χ1n) is 10.3. The summed E-state index contributed by atoms with van der Waals surface area (Å²) in [4.78, 5) is 21.3. The van der Waals surface area contributed by atoms with Gasteiger partial charge < -0.3 is 19.9 Å². The molecule has 3 rings (SSSR count). The average Bonchev–Trinajstić information content (AvgIpc) is 2.64. The molecule has 0 radical (unpaired) electrons. The summed E-state index contributed by atoms with van der Waals surface area (Å²) >= 11 is 0. The number of aliphatic imine (C=N–C) groups is 1. The van der Waals surface area contributed by atoms with Gasteiger partial charge in [0.1, 0.15) is 0 Å². The summed E-state index contributed by atoms with van der Waals surface area (Å²) in [7, 11) is 0. The second kappa shape index (κ2) is 9.29. The molecule has 27 heavy (non-hydrogen) atoms. The Morgan fingerprint density at radius 3 is 2.44 bits per heavy atom. The van der Waals surface area contributed by atoms with Crippen molar-refractivity contribution in [3.05, 3.63) is 0 Å². The molecule has 3 unspecified atom stereocenters. The highest BCUT2D eigenvalue weighted by atomic mass is 127. The summed E-state index contributed by atoms with van der Waals surface area (Å²) in [5, 5.41) is 3.77. The summed E-state index contributed by atoms with van der Waals surface area (Å²) in [6.45, 7) is 15.6. The Hall–Kier alpha value is -0.570. The number of piperazine rings is 1. The Labute approximate surface area is 181 Å². The lowest BCUT2D eigenvalue weighted by Crippen LogP contribution is -2.71. The molecule has 2 saturated heterocycles. The van der Waals surface area contributed by atoms with E-state index in [0.29, 0.717) is 18.1 Å². The van der Waals surface area contributed by atoms with E-state index in [1.165, 1.54) is 6.42 Å². The van der Waals surface area contributed by atoms with Crippen LogP contribution in [0.3, 0.4) is 0 Å². The molecule has 0 bridgehead atoms. The number of ether oxygens (including phenoxy) is 1. The van der Waals surface area contributed by atoms with E-state index in [-0.39, 0.29) is 41.2 Å². The molecule has 3 atom stereocenters. The number of hydrogen-bond donors (Lipinski definition) is 1. The quantitative estimate of drug-likeness (QED) is 0.374. The third-order valence-electron chi connectivity index (χ3n) is 6.31. The Kier molecular flexibility index (Phi) is 7.81. The van der Waals surface area contributed by atoms with Crippen molar-refractivity contribution in [3.8, 4) is 0 Å². The van der Waals surface area contributed by atoms with Crippen molar-refractivity contribution in [1.82, 2.24) is 15.1 Å². The smallest absolute Gasteiger partial charge is 0.225 e. The number of carbonyl (C=O) groups excluding carboxylic acids is 1. The van der Waals surface area contributed by atoms with E-state index >= 15 is 0 Å². The third-order valence-corrected chi connectivity index (χ3v) is 6.31. The van der Waals surface area contributed by atoms with Crippen molar-refractivity contribution in [2.75, 3.05) is 39.3 Å². The van der Waals surface area contributed by atoms with Crippen LogP contribution in [0.2, 0.25) is 0 Å². The molecule has 156 valence electrons. The number of guanidine groups is 1. The molecule has 0 aromatic rings. The van der Waals surface area contributed by atoms with E-state index in [0.717, 1.165) is 51.7 Å². The van der Waals surface area contributed by atoms with Crippen LogP contribution in [0.4, 0.5) is 0 Å². The van der Waals surface area contributed by atoms with Crippen LogP contribution in [0.15, 0.2) is 4.99 Å². The number of nitrogens with one attached hydrogen (secondary N) is 1. The van der Waals surface area contributed by atoms with E-state index in [9.17, 15) is 4.79 Å². The Morgan fingerprint density at radius 1 is 1.22 bits per heavy atom. The SMILES string of the molecule is CCN=C(NC1C2CCCOC2C1(C)C)N1CCN(C(=O)C(C)C)CC1.I. The van der Waals surface area contributed by atoms with Crippen LogP contribution in [-0.2, 0) is 9.53 Å². The fraction of sp³-hybridized carbons (Fsp3) is 0.900. The molecule has 3 fully saturated rings. The minimum Gasteiger partial charge on any atom is -0.377 e. The molecule has 1 saturated carbocycles. The van der Waals surface area contributed by atoms with Crippen LogP contribution in [0.25, 0.3) is 0 Å². The maximum absolute atomic E-state index is 12.2. The molecule has 0 aromatic heterocycles. The molecule has 1 aliphatic carbocycles. The van der Waals surface area contributed by atoms with Crippen LogP contribution in [0.1, 0.15) is 47.5 Å². The minimum absolute atomic E-state index is 0. The molecule has 0 spiro atoms. The number of nitrogens with zero attached hydrogens (tertiary/aromatic N) is 3. The number of halogens is 1. The summed E-state index contributed by atoms with van der Waals surface area (Å²) in [5.41, 5.74) is 0.134. The largest absolute Gasteiger partial charge is 0.377 e. The zero-order valence-electron chi connectivity index (χ0n) is 17.5. The Bertz CT molecular complexity index is 544. The lowest BCUT2D eigenvalue weighted by Gasteiger charge is -2.60. The van der Waals surface area contributed by atoms with Gasteiger partial charge in [0, 0.05) is 62.6 Å².